The number of carbonyl (C=O) groups is 1. The van der Waals surface area contributed by atoms with Crippen LogP contribution in [0.4, 0.5) is 5.69 Å². The zero-order valence-electron chi connectivity index (χ0n) is 19.9. The molecule has 3 atom stereocenters. The Hall–Kier alpha value is -2.37. The molecule has 1 aromatic rings. The predicted octanol–water partition coefficient (Wildman–Crippen LogP) is 0.755. The number of guanidine groups is 1. The van der Waals surface area contributed by atoms with E-state index >= 15 is 0 Å². The van der Waals surface area contributed by atoms with Gasteiger partial charge in [0.15, 0.2) is 5.96 Å². The van der Waals surface area contributed by atoms with Crippen molar-refractivity contribution in [3.05, 3.63) is 23.8 Å². The maximum atomic E-state index is 13.6. The second-order valence-electron chi connectivity index (χ2n) is 9.30. The third kappa shape index (κ3) is 6.61. The summed E-state index contributed by atoms with van der Waals surface area (Å²) in [5, 5.41) is 12.7. The van der Waals surface area contributed by atoms with E-state index in [1.165, 1.54) is 0 Å². The Balaban J connectivity index is 1.85. The smallest absolute Gasteiger partial charge is 0.243 e. The van der Waals surface area contributed by atoms with E-state index in [9.17, 15) is 18.3 Å². The third-order valence-corrected chi connectivity index (χ3v) is 8.03. The van der Waals surface area contributed by atoms with Crippen molar-refractivity contribution in [3.63, 3.8) is 0 Å². The van der Waals surface area contributed by atoms with Crippen LogP contribution in [-0.2, 0) is 21.2 Å². The van der Waals surface area contributed by atoms with Crippen molar-refractivity contribution < 1.29 is 18.3 Å². The van der Waals surface area contributed by atoms with Gasteiger partial charge in [0.2, 0.25) is 15.9 Å². The fourth-order valence-electron chi connectivity index (χ4n) is 4.82. The van der Waals surface area contributed by atoms with Gasteiger partial charge in [0.05, 0.1) is 5.69 Å². The van der Waals surface area contributed by atoms with E-state index in [-0.39, 0.29) is 35.8 Å². The number of sulfonamides is 1. The number of nitrogens with zero attached hydrogens (tertiary/aromatic N) is 2. The number of anilines is 1. The molecular formula is C23H38N6O4S. The Labute approximate surface area is 202 Å². The van der Waals surface area contributed by atoms with Crippen molar-refractivity contribution in [1.29, 1.82) is 0 Å². The Morgan fingerprint density at radius 2 is 2.15 bits per heavy atom. The number of aliphatic imine (C=N–C) groups is 1. The Bertz CT molecular complexity index is 978. The lowest BCUT2D eigenvalue weighted by Crippen LogP contribution is -2.53. The van der Waals surface area contributed by atoms with Gasteiger partial charge in [-0.25, -0.2) is 8.42 Å². The van der Waals surface area contributed by atoms with Gasteiger partial charge >= 0.3 is 0 Å². The van der Waals surface area contributed by atoms with Gasteiger partial charge in [-0.05, 0) is 62.5 Å². The number of benzene rings is 1. The summed E-state index contributed by atoms with van der Waals surface area (Å²) in [6, 6.07) is 4.20. The number of nitrogens with two attached hydrogens (primary N) is 2. The number of nitrogens with one attached hydrogen (secondary N) is 2. The average Bonchev–Trinajstić information content (AvgIpc) is 2.80. The van der Waals surface area contributed by atoms with E-state index in [0.717, 1.165) is 31.2 Å². The summed E-state index contributed by atoms with van der Waals surface area (Å²) in [7, 11) is -3.98. The molecule has 0 aliphatic carbocycles. The van der Waals surface area contributed by atoms with Crippen molar-refractivity contribution in [1.82, 2.24) is 9.62 Å². The van der Waals surface area contributed by atoms with Crippen LogP contribution in [0.1, 0.15) is 51.0 Å². The van der Waals surface area contributed by atoms with Crippen LogP contribution in [0.3, 0.4) is 0 Å². The summed E-state index contributed by atoms with van der Waals surface area (Å²) in [6.07, 6.45) is 4.62. The predicted molar refractivity (Wildman–Crippen MR) is 133 cm³/mol. The lowest BCUT2D eigenvalue weighted by molar-refractivity contribution is -0.137. The molecule has 0 aromatic heterocycles. The number of amides is 1. The molecule has 2 heterocycles. The monoisotopic (exact) mass is 494 g/mol. The number of carbonyl (C=O) groups excluding carboxylic acids is 1. The maximum absolute atomic E-state index is 13.6. The molecule has 0 spiro atoms. The molecule has 11 heteroatoms. The molecule has 1 fully saturated rings. The van der Waals surface area contributed by atoms with Crippen LogP contribution < -0.4 is 21.5 Å². The van der Waals surface area contributed by atoms with E-state index in [1.54, 1.807) is 17.0 Å². The van der Waals surface area contributed by atoms with Crippen LogP contribution in [-0.4, -0.2) is 68.6 Å². The molecule has 34 heavy (non-hydrogen) atoms. The van der Waals surface area contributed by atoms with Gasteiger partial charge in [0.25, 0.3) is 0 Å². The molecule has 7 N–H and O–H groups in total. The average molecular weight is 495 g/mol. The molecule has 190 valence electrons. The number of hydrogen-bond acceptors (Lipinski definition) is 6. The van der Waals surface area contributed by atoms with E-state index in [2.05, 4.69) is 22.0 Å². The molecule has 0 saturated carbocycles. The number of hydrogen-bond donors (Lipinski definition) is 5. The standard InChI is InChI=1S/C23H38N6O4S/c1-16-14-17-6-4-9-20(21(17)27-15-16)34(32,33)28-19(8-5-11-26-23(24)25)22(31)29-12-3-2-7-18(29)10-13-30/h4,6,9,16,18-19,27-28,30H,2-3,5,7-8,10-15H2,1H3,(H4,24,25,26)/t16?,18-,19+/m1/s1. The van der Waals surface area contributed by atoms with Crippen LogP contribution in [0.25, 0.3) is 0 Å². The number of aliphatic hydroxyl groups excluding tert-OH is 1. The normalized spacial score (nSPS) is 21.3. The van der Waals surface area contributed by atoms with E-state index in [1.807, 2.05) is 6.07 Å². The fraction of sp³-hybridized carbons (Fsp3) is 0.652. The lowest BCUT2D eigenvalue weighted by atomic mass is 9.96. The van der Waals surface area contributed by atoms with Crippen molar-refractivity contribution >= 4 is 27.6 Å². The number of aliphatic hydroxyl groups is 1. The largest absolute Gasteiger partial charge is 0.396 e. The zero-order valence-corrected chi connectivity index (χ0v) is 20.7. The number of rotatable bonds is 10. The van der Waals surface area contributed by atoms with Crippen LogP contribution >= 0.6 is 0 Å². The minimum Gasteiger partial charge on any atom is -0.396 e. The highest BCUT2D eigenvalue weighted by Gasteiger charge is 2.35. The Kier molecular flexibility index (Phi) is 9.15. The second-order valence-corrected chi connectivity index (χ2v) is 11.0. The second kappa shape index (κ2) is 11.9. The Morgan fingerprint density at radius 3 is 2.88 bits per heavy atom. The minimum atomic E-state index is -3.98. The van der Waals surface area contributed by atoms with Gasteiger partial charge in [-0.3, -0.25) is 9.79 Å². The van der Waals surface area contributed by atoms with Gasteiger partial charge in [-0.2, -0.15) is 4.72 Å². The Morgan fingerprint density at radius 1 is 1.35 bits per heavy atom. The molecule has 10 nitrogen and oxygen atoms in total. The van der Waals surface area contributed by atoms with Gasteiger partial charge < -0.3 is 26.8 Å². The van der Waals surface area contributed by atoms with Crippen molar-refractivity contribution in [2.45, 2.75) is 68.8 Å². The first kappa shape index (κ1) is 26.2. The van der Waals surface area contributed by atoms with Crippen molar-refractivity contribution in [2.24, 2.45) is 22.4 Å². The van der Waals surface area contributed by atoms with Crippen molar-refractivity contribution in [2.75, 3.05) is 31.6 Å². The highest BCUT2D eigenvalue weighted by molar-refractivity contribution is 7.89. The lowest BCUT2D eigenvalue weighted by Gasteiger charge is -2.38. The number of para-hydroxylation sites is 1. The highest BCUT2D eigenvalue weighted by atomic mass is 32.2. The van der Waals surface area contributed by atoms with E-state index in [4.69, 9.17) is 11.5 Å². The zero-order chi connectivity index (χ0) is 24.7. The summed E-state index contributed by atoms with van der Waals surface area (Å²) < 4.78 is 29.7. The quantitative estimate of drug-likeness (QED) is 0.182. The SMILES string of the molecule is CC1CNc2c(cccc2S(=O)(=O)N[C@@H](CCCN=C(N)N)C(=O)N2CCCC[C@@H]2CCO)C1. The fourth-order valence-corrected chi connectivity index (χ4v) is 6.27. The van der Waals surface area contributed by atoms with Crippen LogP contribution in [0.15, 0.2) is 28.1 Å². The molecule has 0 radical (unpaired) electrons. The highest BCUT2D eigenvalue weighted by Crippen LogP contribution is 2.31. The maximum Gasteiger partial charge on any atom is 0.243 e. The summed E-state index contributed by atoms with van der Waals surface area (Å²) >= 11 is 0. The summed E-state index contributed by atoms with van der Waals surface area (Å²) in [6.45, 7) is 3.64. The molecule has 0 bridgehead atoms. The molecule has 1 amide bonds. The molecular weight excluding hydrogens is 456 g/mol. The molecule has 2 aliphatic rings. The molecule has 1 saturated heterocycles. The van der Waals surface area contributed by atoms with Gasteiger partial charge in [-0.1, -0.05) is 19.1 Å². The minimum absolute atomic E-state index is 0.0183. The summed E-state index contributed by atoms with van der Waals surface area (Å²) in [4.78, 5) is 19.4. The van der Waals surface area contributed by atoms with Gasteiger partial charge in [-0.15, -0.1) is 0 Å². The van der Waals surface area contributed by atoms with Crippen LogP contribution in [0.5, 0.6) is 0 Å². The van der Waals surface area contributed by atoms with E-state index < -0.39 is 16.1 Å². The number of fused-ring (bicyclic) bond motifs is 1. The topological polar surface area (TPSA) is 163 Å². The van der Waals surface area contributed by atoms with Gasteiger partial charge in [0, 0.05) is 32.3 Å². The molecule has 3 rings (SSSR count). The van der Waals surface area contributed by atoms with Gasteiger partial charge in [0.1, 0.15) is 10.9 Å². The first-order chi connectivity index (χ1) is 16.2. The third-order valence-electron chi connectivity index (χ3n) is 6.51. The number of likely N-dealkylation sites (tertiary alicyclic amines) is 1. The summed E-state index contributed by atoms with van der Waals surface area (Å²) in [5.74, 6) is 0.0994. The molecule has 1 aromatic carbocycles. The van der Waals surface area contributed by atoms with Crippen molar-refractivity contribution in [3.8, 4) is 0 Å². The summed E-state index contributed by atoms with van der Waals surface area (Å²) in [5.41, 5.74) is 12.4. The molecule has 1 unspecified atom stereocenters. The number of piperidine rings is 1. The van der Waals surface area contributed by atoms with Crippen LogP contribution in [0.2, 0.25) is 0 Å². The van der Waals surface area contributed by atoms with E-state index in [0.29, 0.717) is 44.1 Å². The molecule has 2 aliphatic heterocycles. The first-order valence-electron chi connectivity index (χ1n) is 12.1. The first-order valence-corrected chi connectivity index (χ1v) is 13.6. The van der Waals surface area contributed by atoms with Crippen LogP contribution in [0, 0.1) is 5.92 Å².